The zero-order chi connectivity index (χ0) is 18.6. The summed E-state index contributed by atoms with van der Waals surface area (Å²) in [7, 11) is 0. The molecule has 27 heavy (non-hydrogen) atoms. The van der Waals surface area contributed by atoms with E-state index in [-0.39, 0.29) is 5.82 Å². The number of pyridine rings is 1. The van der Waals surface area contributed by atoms with Crippen LogP contribution in [0.4, 0.5) is 9.52 Å². The lowest BCUT2D eigenvalue weighted by Crippen LogP contribution is -2.47. The molecule has 4 rings (SSSR count). The molecule has 2 aromatic heterocycles. The van der Waals surface area contributed by atoms with Crippen LogP contribution in [-0.2, 0) is 6.42 Å². The lowest BCUT2D eigenvalue weighted by molar-refractivity contribution is 0.261. The number of rotatable bonds is 5. The van der Waals surface area contributed by atoms with Gasteiger partial charge in [-0.05, 0) is 43.2 Å². The Hall–Kier alpha value is -2.38. The zero-order valence-corrected chi connectivity index (χ0v) is 16.1. The summed E-state index contributed by atoms with van der Waals surface area (Å²) in [6.07, 6.45) is 2.78. The molecule has 0 bridgehead atoms. The van der Waals surface area contributed by atoms with E-state index >= 15 is 0 Å². The molecule has 0 unspecified atom stereocenters. The first kappa shape index (κ1) is 18.0. The van der Waals surface area contributed by atoms with E-state index in [1.807, 2.05) is 37.4 Å². The van der Waals surface area contributed by atoms with Gasteiger partial charge in [-0.15, -0.1) is 0 Å². The Morgan fingerprint density at radius 3 is 2.52 bits per heavy atom. The largest absolute Gasteiger partial charge is 0.344 e. The van der Waals surface area contributed by atoms with Crippen LogP contribution < -0.4 is 4.90 Å². The highest BCUT2D eigenvalue weighted by molar-refractivity contribution is 7.09. The van der Waals surface area contributed by atoms with Crippen LogP contribution in [0.3, 0.4) is 0 Å². The predicted molar refractivity (Wildman–Crippen MR) is 107 cm³/mol. The third-order valence-corrected chi connectivity index (χ3v) is 5.63. The van der Waals surface area contributed by atoms with Crippen molar-refractivity contribution in [2.24, 2.45) is 0 Å². The number of halogens is 1. The standard InChI is InChI=1S/C20H22FN5S/c1-15-2-5-17(14-22-15)19-23-20(27-24-19)26-12-10-25(11-13-26)9-8-16-3-6-18(21)7-4-16/h2-7,14H,8-13H2,1H3. The summed E-state index contributed by atoms with van der Waals surface area (Å²) >= 11 is 1.45. The highest BCUT2D eigenvalue weighted by Crippen LogP contribution is 2.24. The fourth-order valence-electron chi connectivity index (χ4n) is 3.16. The van der Waals surface area contributed by atoms with Crippen molar-refractivity contribution in [2.75, 3.05) is 37.6 Å². The second-order valence-corrected chi connectivity index (χ2v) is 7.52. The molecule has 0 aliphatic carbocycles. The third kappa shape index (κ3) is 4.48. The third-order valence-electron chi connectivity index (χ3n) is 4.86. The van der Waals surface area contributed by atoms with E-state index in [9.17, 15) is 4.39 Å². The van der Waals surface area contributed by atoms with E-state index < -0.39 is 0 Å². The molecule has 3 heterocycles. The highest BCUT2D eigenvalue weighted by Gasteiger charge is 2.20. The van der Waals surface area contributed by atoms with Gasteiger partial charge >= 0.3 is 0 Å². The normalized spacial score (nSPS) is 15.3. The zero-order valence-electron chi connectivity index (χ0n) is 15.3. The minimum Gasteiger partial charge on any atom is -0.344 e. The molecule has 1 aliphatic heterocycles. The van der Waals surface area contributed by atoms with Crippen molar-refractivity contribution in [2.45, 2.75) is 13.3 Å². The minimum absolute atomic E-state index is 0.176. The topological polar surface area (TPSA) is 45.2 Å². The molecule has 140 valence electrons. The smallest absolute Gasteiger partial charge is 0.205 e. The number of hydrogen-bond donors (Lipinski definition) is 0. The minimum atomic E-state index is -0.176. The lowest BCUT2D eigenvalue weighted by Gasteiger charge is -2.34. The second-order valence-electron chi connectivity index (χ2n) is 6.79. The highest BCUT2D eigenvalue weighted by atomic mass is 32.1. The Bertz CT molecular complexity index is 870. The van der Waals surface area contributed by atoms with Crippen LogP contribution in [0, 0.1) is 12.7 Å². The summed E-state index contributed by atoms with van der Waals surface area (Å²) in [5, 5.41) is 0.976. The van der Waals surface area contributed by atoms with Crippen LogP contribution >= 0.6 is 11.5 Å². The van der Waals surface area contributed by atoms with Crippen LogP contribution in [0.1, 0.15) is 11.3 Å². The molecule has 3 aromatic rings. The maximum Gasteiger partial charge on any atom is 0.205 e. The van der Waals surface area contributed by atoms with E-state index in [0.717, 1.165) is 61.4 Å². The number of piperazine rings is 1. The van der Waals surface area contributed by atoms with Crippen LogP contribution in [0.5, 0.6) is 0 Å². The fraction of sp³-hybridized carbons (Fsp3) is 0.350. The lowest BCUT2D eigenvalue weighted by atomic mass is 10.1. The molecule has 1 aliphatic rings. The number of anilines is 1. The molecule has 1 saturated heterocycles. The van der Waals surface area contributed by atoms with Gasteiger partial charge in [0, 0.05) is 61.7 Å². The molecule has 1 aromatic carbocycles. The van der Waals surface area contributed by atoms with E-state index in [2.05, 4.69) is 19.2 Å². The molecular weight excluding hydrogens is 361 g/mol. The number of aryl methyl sites for hydroxylation is 1. The van der Waals surface area contributed by atoms with Crippen LogP contribution in [0.25, 0.3) is 11.4 Å². The molecule has 0 radical (unpaired) electrons. The van der Waals surface area contributed by atoms with Gasteiger partial charge in [0.25, 0.3) is 0 Å². The fourth-order valence-corrected chi connectivity index (χ4v) is 3.90. The van der Waals surface area contributed by atoms with E-state index in [4.69, 9.17) is 4.98 Å². The van der Waals surface area contributed by atoms with E-state index in [0.29, 0.717) is 0 Å². The van der Waals surface area contributed by atoms with Crippen LogP contribution in [0.15, 0.2) is 42.6 Å². The molecule has 0 atom stereocenters. The Kier molecular flexibility index (Phi) is 5.40. The molecular formula is C20H22FN5S. The average molecular weight is 383 g/mol. The van der Waals surface area contributed by atoms with Crippen molar-refractivity contribution >= 4 is 16.7 Å². The number of hydrogen-bond acceptors (Lipinski definition) is 6. The monoisotopic (exact) mass is 383 g/mol. The molecule has 5 nitrogen and oxygen atoms in total. The van der Waals surface area contributed by atoms with Gasteiger partial charge in [0.2, 0.25) is 5.13 Å². The SMILES string of the molecule is Cc1ccc(-c2nsc(N3CCN(CCc4ccc(F)cc4)CC3)n2)cn1. The first-order valence-electron chi connectivity index (χ1n) is 9.16. The van der Waals surface area contributed by atoms with Crippen molar-refractivity contribution in [3.8, 4) is 11.4 Å². The Balaban J connectivity index is 1.30. The number of benzene rings is 1. The maximum absolute atomic E-state index is 13.0. The molecule has 7 heteroatoms. The van der Waals surface area contributed by atoms with Crippen LogP contribution in [0.2, 0.25) is 0 Å². The first-order chi connectivity index (χ1) is 13.2. The van der Waals surface area contributed by atoms with Gasteiger partial charge in [0.05, 0.1) is 0 Å². The molecule has 0 spiro atoms. The van der Waals surface area contributed by atoms with Gasteiger partial charge in [0.15, 0.2) is 5.82 Å². The predicted octanol–water partition coefficient (Wildman–Crippen LogP) is 3.41. The van der Waals surface area contributed by atoms with Gasteiger partial charge in [-0.25, -0.2) is 4.39 Å². The second kappa shape index (κ2) is 8.10. The Morgan fingerprint density at radius 2 is 1.81 bits per heavy atom. The summed E-state index contributed by atoms with van der Waals surface area (Å²) in [6.45, 7) is 6.87. The summed E-state index contributed by atoms with van der Waals surface area (Å²) in [5.74, 6) is 0.575. The average Bonchev–Trinajstić information content (AvgIpc) is 3.19. The molecule has 0 N–H and O–H groups in total. The summed E-state index contributed by atoms with van der Waals surface area (Å²) in [4.78, 5) is 13.8. The summed E-state index contributed by atoms with van der Waals surface area (Å²) in [5.41, 5.74) is 3.13. The van der Waals surface area contributed by atoms with Gasteiger partial charge in [-0.1, -0.05) is 12.1 Å². The number of aromatic nitrogens is 3. The van der Waals surface area contributed by atoms with Crippen molar-refractivity contribution < 1.29 is 4.39 Å². The molecule has 1 fully saturated rings. The Morgan fingerprint density at radius 1 is 1.04 bits per heavy atom. The van der Waals surface area contributed by atoms with Crippen molar-refractivity contribution in [3.63, 3.8) is 0 Å². The van der Waals surface area contributed by atoms with Crippen molar-refractivity contribution in [1.82, 2.24) is 19.2 Å². The van der Waals surface area contributed by atoms with E-state index in [1.165, 1.54) is 29.2 Å². The van der Waals surface area contributed by atoms with Gasteiger partial charge in [0.1, 0.15) is 5.82 Å². The van der Waals surface area contributed by atoms with Gasteiger partial charge in [-0.2, -0.15) is 9.36 Å². The molecule has 0 saturated carbocycles. The Labute approximate surface area is 162 Å². The van der Waals surface area contributed by atoms with Gasteiger partial charge in [-0.3, -0.25) is 9.88 Å². The molecule has 0 amide bonds. The van der Waals surface area contributed by atoms with Gasteiger partial charge < -0.3 is 4.90 Å². The van der Waals surface area contributed by atoms with Crippen molar-refractivity contribution in [1.29, 1.82) is 0 Å². The first-order valence-corrected chi connectivity index (χ1v) is 9.93. The maximum atomic E-state index is 13.0. The van der Waals surface area contributed by atoms with Crippen LogP contribution in [-0.4, -0.2) is 52.0 Å². The van der Waals surface area contributed by atoms with E-state index in [1.54, 1.807) is 0 Å². The quantitative estimate of drug-likeness (QED) is 0.676. The summed E-state index contributed by atoms with van der Waals surface area (Å²) in [6, 6.07) is 10.8. The number of nitrogens with zero attached hydrogens (tertiary/aromatic N) is 5. The van der Waals surface area contributed by atoms with Crippen molar-refractivity contribution in [3.05, 3.63) is 59.7 Å². The summed E-state index contributed by atoms with van der Waals surface area (Å²) < 4.78 is 17.5.